The van der Waals surface area contributed by atoms with Crippen LogP contribution in [-0.2, 0) is 13.1 Å². The number of nitrogens with zero attached hydrogens (tertiary/aromatic N) is 3. The van der Waals surface area contributed by atoms with Crippen molar-refractivity contribution in [1.29, 1.82) is 0 Å². The molecule has 0 aliphatic rings. The van der Waals surface area contributed by atoms with Crippen molar-refractivity contribution < 1.29 is 0 Å². The van der Waals surface area contributed by atoms with E-state index in [1.807, 2.05) is 30.9 Å². The first-order valence-corrected chi connectivity index (χ1v) is 9.65. The van der Waals surface area contributed by atoms with Gasteiger partial charge in [0.15, 0.2) is 5.11 Å². The molecule has 1 heterocycles. The maximum Gasteiger partial charge on any atom is 0.173 e. The minimum Gasteiger partial charge on any atom is -0.345 e. The first-order chi connectivity index (χ1) is 13.1. The van der Waals surface area contributed by atoms with E-state index in [4.69, 9.17) is 12.2 Å². The summed E-state index contributed by atoms with van der Waals surface area (Å²) in [5.74, 6) is 0. The lowest BCUT2D eigenvalue weighted by molar-refractivity contribution is 0.396. The molecule has 1 N–H and O–H groups in total. The Balaban J connectivity index is 1.68. The van der Waals surface area contributed by atoms with Crippen molar-refractivity contribution in [2.75, 3.05) is 11.9 Å². The number of para-hydroxylation sites is 1. The topological polar surface area (TPSA) is 33.1 Å². The van der Waals surface area contributed by atoms with Crippen LogP contribution in [0.4, 0.5) is 5.69 Å². The van der Waals surface area contributed by atoms with Crippen LogP contribution in [0.2, 0.25) is 0 Å². The number of hydrogen-bond donors (Lipinski definition) is 1. The summed E-state index contributed by atoms with van der Waals surface area (Å²) in [6.45, 7) is 6.80. The van der Waals surface area contributed by atoms with E-state index in [1.165, 1.54) is 16.7 Å². The number of hydrogen-bond acceptors (Lipinski definition) is 2. The van der Waals surface area contributed by atoms with Crippen LogP contribution in [0, 0.1) is 13.8 Å². The van der Waals surface area contributed by atoms with Crippen LogP contribution in [0.5, 0.6) is 0 Å². The summed E-state index contributed by atoms with van der Waals surface area (Å²) in [7, 11) is 0. The van der Waals surface area contributed by atoms with Crippen LogP contribution < -0.4 is 5.32 Å². The van der Waals surface area contributed by atoms with E-state index in [2.05, 4.69) is 70.0 Å². The fourth-order valence-corrected chi connectivity index (χ4v) is 3.20. The van der Waals surface area contributed by atoms with Gasteiger partial charge in [-0.3, -0.25) is 0 Å². The van der Waals surface area contributed by atoms with Crippen LogP contribution in [0.1, 0.15) is 23.1 Å². The van der Waals surface area contributed by atoms with E-state index in [0.717, 1.165) is 36.9 Å². The Morgan fingerprint density at radius 3 is 2.59 bits per heavy atom. The Morgan fingerprint density at radius 2 is 1.89 bits per heavy atom. The number of aromatic nitrogens is 2. The van der Waals surface area contributed by atoms with Gasteiger partial charge in [-0.15, -0.1) is 0 Å². The highest BCUT2D eigenvalue weighted by Crippen LogP contribution is 2.16. The van der Waals surface area contributed by atoms with Gasteiger partial charge in [0.05, 0.1) is 6.33 Å². The zero-order valence-electron chi connectivity index (χ0n) is 15.9. The lowest BCUT2D eigenvalue weighted by Crippen LogP contribution is -2.35. The number of aryl methyl sites for hydroxylation is 3. The van der Waals surface area contributed by atoms with Gasteiger partial charge in [0.1, 0.15) is 0 Å². The van der Waals surface area contributed by atoms with E-state index in [1.54, 1.807) is 0 Å². The maximum atomic E-state index is 5.75. The summed E-state index contributed by atoms with van der Waals surface area (Å²) >= 11 is 5.75. The molecule has 140 valence electrons. The lowest BCUT2D eigenvalue weighted by atomic mass is 10.1. The molecule has 5 heteroatoms. The molecular weight excluding hydrogens is 352 g/mol. The zero-order valence-corrected chi connectivity index (χ0v) is 16.7. The zero-order chi connectivity index (χ0) is 19.1. The second-order valence-electron chi connectivity index (χ2n) is 6.81. The number of imidazole rings is 1. The van der Waals surface area contributed by atoms with E-state index in [-0.39, 0.29) is 0 Å². The fourth-order valence-electron chi connectivity index (χ4n) is 2.94. The van der Waals surface area contributed by atoms with Crippen molar-refractivity contribution in [3.8, 4) is 0 Å². The number of benzene rings is 2. The first kappa shape index (κ1) is 19.1. The van der Waals surface area contributed by atoms with Crippen molar-refractivity contribution >= 4 is 23.0 Å². The Bertz CT molecular complexity index is 856. The van der Waals surface area contributed by atoms with Crippen molar-refractivity contribution in [1.82, 2.24) is 14.5 Å². The van der Waals surface area contributed by atoms with Gasteiger partial charge >= 0.3 is 0 Å². The van der Waals surface area contributed by atoms with Crippen molar-refractivity contribution in [3.05, 3.63) is 83.9 Å². The van der Waals surface area contributed by atoms with Crippen molar-refractivity contribution in [2.24, 2.45) is 0 Å². The Kier molecular flexibility index (Phi) is 6.60. The van der Waals surface area contributed by atoms with Gasteiger partial charge in [-0.1, -0.05) is 48.0 Å². The summed E-state index contributed by atoms with van der Waals surface area (Å²) in [5.41, 5.74) is 4.78. The second-order valence-corrected chi connectivity index (χ2v) is 7.19. The van der Waals surface area contributed by atoms with Crippen LogP contribution >= 0.6 is 12.2 Å². The molecule has 0 saturated carbocycles. The van der Waals surface area contributed by atoms with E-state index in [9.17, 15) is 0 Å². The molecule has 0 fully saturated rings. The third kappa shape index (κ3) is 5.66. The standard InChI is InChI=1S/C22H26N4S/c1-18-8-10-20(11-9-18)16-26(14-5-13-25-15-12-23-17-25)22(27)24-21-7-4-3-6-19(21)2/h3-4,6-12,15,17H,5,13-14,16H2,1-2H3,(H,24,27). The van der Waals surface area contributed by atoms with Crippen LogP contribution in [-0.4, -0.2) is 26.1 Å². The highest BCUT2D eigenvalue weighted by atomic mass is 32.1. The van der Waals surface area contributed by atoms with E-state index >= 15 is 0 Å². The third-order valence-corrected chi connectivity index (χ3v) is 4.93. The second kappa shape index (κ2) is 9.33. The molecule has 2 aromatic carbocycles. The van der Waals surface area contributed by atoms with E-state index < -0.39 is 0 Å². The molecule has 4 nitrogen and oxygen atoms in total. The van der Waals surface area contributed by atoms with Gasteiger partial charge in [0.2, 0.25) is 0 Å². The molecule has 0 aliphatic carbocycles. The molecule has 0 unspecified atom stereocenters. The number of nitrogens with one attached hydrogen (secondary N) is 1. The average Bonchev–Trinajstić information content (AvgIpc) is 3.18. The Hall–Kier alpha value is -2.66. The van der Waals surface area contributed by atoms with Gasteiger partial charge in [0, 0.05) is 37.7 Å². The highest BCUT2D eigenvalue weighted by molar-refractivity contribution is 7.80. The summed E-state index contributed by atoms with van der Waals surface area (Å²) in [6, 6.07) is 16.9. The smallest absolute Gasteiger partial charge is 0.173 e. The molecule has 1 aromatic heterocycles. The molecule has 0 atom stereocenters. The predicted octanol–water partition coefficient (Wildman–Crippen LogP) is 4.79. The van der Waals surface area contributed by atoms with Crippen molar-refractivity contribution in [2.45, 2.75) is 33.4 Å². The largest absolute Gasteiger partial charge is 0.345 e. The van der Waals surface area contributed by atoms with Crippen LogP contribution in [0.3, 0.4) is 0 Å². The van der Waals surface area contributed by atoms with Gasteiger partial charge in [0.25, 0.3) is 0 Å². The monoisotopic (exact) mass is 378 g/mol. The predicted molar refractivity (Wildman–Crippen MR) is 116 cm³/mol. The van der Waals surface area contributed by atoms with E-state index in [0.29, 0.717) is 0 Å². The van der Waals surface area contributed by atoms with Crippen LogP contribution in [0.15, 0.2) is 67.3 Å². The minimum atomic E-state index is 0.760. The lowest BCUT2D eigenvalue weighted by Gasteiger charge is -2.27. The van der Waals surface area contributed by atoms with Gasteiger partial charge in [-0.25, -0.2) is 4.98 Å². The number of rotatable bonds is 7. The summed E-state index contributed by atoms with van der Waals surface area (Å²) in [6.07, 6.45) is 6.66. The van der Waals surface area contributed by atoms with Crippen molar-refractivity contribution in [3.63, 3.8) is 0 Å². The fraction of sp³-hybridized carbons (Fsp3) is 0.273. The summed E-state index contributed by atoms with van der Waals surface area (Å²) in [5, 5.41) is 4.18. The summed E-state index contributed by atoms with van der Waals surface area (Å²) in [4.78, 5) is 6.35. The first-order valence-electron chi connectivity index (χ1n) is 9.24. The number of thiocarbonyl (C=S) groups is 1. The molecule has 3 rings (SSSR count). The molecule has 0 spiro atoms. The molecule has 0 amide bonds. The maximum absolute atomic E-state index is 5.75. The normalized spacial score (nSPS) is 10.6. The molecule has 27 heavy (non-hydrogen) atoms. The molecule has 0 radical (unpaired) electrons. The SMILES string of the molecule is Cc1ccc(CN(CCCn2ccnc2)C(=S)Nc2ccccc2C)cc1. The van der Waals surface area contributed by atoms with Gasteiger partial charge < -0.3 is 14.8 Å². The molecule has 0 bridgehead atoms. The Morgan fingerprint density at radius 1 is 1.11 bits per heavy atom. The Labute approximate surface area is 166 Å². The highest BCUT2D eigenvalue weighted by Gasteiger charge is 2.12. The number of anilines is 1. The molecular formula is C22H26N4S. The van der Waals surface area contributed by atoms with Gasteiger partial charge in [-0.05, 0) is 49.7 Å². The van der Waals surface area contributed by atoms with Gasteiger partial charge in [-0.2, -0.15) is 0 Å². The molecule has 0 saturated heterocycles. The average molecular weight is 379 g/mol. The molecule has 0 aliphatic heterocycles. The molecule has 3 aromatic rings. The van der Waals surface area contributed by atoms with Crippen LogP contribution in [0.25, 0.3) is 0 Å². The summed E-state index contributed by atoms with van der Waals surface area (Å²) < 4.78 is 2.10. The minimum absolute atomic E-state index is 0.760. The third-order valence-electron chi connectivity index (χ3n) is 4.57. The quantitative estimate of drug-likeness (QED) is 0.599.